The maximum Gasteiger partial charge on any atom is 0.335 e. The van der Waals surface area contributed by atoms with E-state index in [1.807, 2.05) is 13.0 Å². The third kappa shape index (κ3) is 1.85. The number of rotatable bonds is 2. The van der Waals surface area contributed by atoms with Crippen LogP contribution in [0.3, 0.4) is 0 Å². The molecule has 0 fully saturated rings. The van der Waals surface area contributed by atoms with Gasteiger partial charge in [-0.1, -0.05) is 6.92 Å². The number of nitriles is 1. The van der Waals surface area contributed by atoms with E-state index in [1.165, 1.54) is 12.1 Å². The summed E-state index contributed by atoms with van der Waals surface area (Å²) in [6, 6.07) is 6.58. The Hall–Kier alpha value is -1.82. The van der Waals surface area contributed by atoms with Crippen molar-refractivity contribution >= 4 is 5.97 Å². The van der Waals surface area contributed by atoms with Crippen molar-refractivity contribution in [3.05, 3.63) is 34.9 Å². The molecule has 1 N–H and O–H groups in total. The second kappa shape index (κ2) is 3.72. The number of hydrogen-bond acceptors (Lipinski definition) is 2. The van der Waals surface area contributed by atoms with Gasteiger partial charge in [-0.25, -0.2) is 4.79 Å². The van der Waals surface area contributed by atoms with E-state index in [1.54, 1.807) is 6.07 Å². The highest BCUT2D eigenvalue weighted by molar-refractivity contribution is 5.89. The van der Waals surface area contributed by atoms with Gasteiger partial charge >= 0.3 is 5.97 Å². The van der Waals surface area contributed by atoms with Crippen LogP contribution in [0.5, 0.6) is 0 Å². The zero-order chi connectivity index (χ0) is 9.84. The fourth-order valence-electron chi connectivity index (χ4n) is 1.16. The van der Waals surface area contributed by atoms with Crippen LogP contribution in [0.1, 0.15) is 28.4 Å². The molecule has 0 bridgehead atoms. The lowest BCUT2D eigenvalue weighted by atomic mass is 10.0. The molecule has 13 heavy (non-hydrogen) atoms. The van der Waals surface area contributed by atoms with Crippen LogP contribution < -0.4 is 0 Å². The van der Waals surface area contributed by atoms with E-state index in [0.717, 1.165) is 0 Å². The lowest BCUT2D eigenvalue weighted by molar-refractivity contribution is 0.0696. The Bertz CT molecular complexity index is 377. The first-order chi connectivity index (χ1) is 6.19. The largest absolute Gasteiger partial charge is 0.478 e. The van der Waals surface area contributed by atoms with E-state index < -0.39 is 5.97 Å². The smallest absolute Gasteiger partial charge is 0.335 e. The second-order valence-electron chi connectivity index (χ2n) is 2.64. The summed E-state index contributed by atoms with van der Waals surface area (Å²) < 4.78 is 0. The summed E-state index contributed by atoms with van der Waals surface area (Å²) in [5.74, 6) is -0.943. The third-order valence-electron chi connectivity index (χ3n) is 1.85. The van der Waals surface area contributed by atoms with Crippen LogP contribution in [-0.4, -0.2) is 11.1 Å². The first-order valence-corrected chi connectivity index (χ1v) is 3.95. The van der Waals surface area contributed by atoms with E-state index in [0.29, 0.717) is 17.5 Å². The van der Waals surface area contributed by atoms with Crippen LogP contribution in [-0.2, 0) is 6.42 Å². The molecular weight excluding hydrogens is 166 g/mol. The van der Waals surface area contributed by atoms with E-state index in [2.05, 4.69) is 0 Å². The number of aromatic carboxylic acids is 1. The summed E-state index contributed by atoms with van der Waals surface area (Å²) in [4.78, 5) is 10.7. The van der Waals surface area contributed by atoms with E-state index in [9.17, 15) is 4.79 Å². The van der Waals surface area contributed by atoms with Gasteiger partial charge in [0.05, 0.1) is 17.2 Å². The SMILES string of the molecule is CCc1cc(C#N)ccc1C(=O)O. The zero-order valence-corrected chi connectivity index (χ0v) is 7.24. The standard InChI is InChI=1S/C10H9NO2/c1-2-8-5-7(6-11)3-4-9(8)10(12)13/h3-5H,2H2,1H3,(H,12,13). The van der Waals surface area contributed by atoms with Gasteiger partial charge in [0.1, 0.15) is 0 Å². The summed E-state index contributed by atoms with van der Waals surface area (Å²) in [5.41, 5.74) is 1.48. The van der Waals surface area contributed by atoms with Crippen molar-refractivity contribution in [1.82, 2.24) is 0 Å². The second-order valence-corrected chi connectivity index (χ2v) is 2.64. The molecule has 1 rings (SSSR count). The van der Waals surface area contributed by atoms with Crippen molar-refractivity contribution in [2.24, 2.45) is 0 Å². The maximum absolute atomic E-state index is 10.7. The summed E-state index contributed by atoms with van der Waals surface area (Å²) in [5, 5.41) is 17.4. The molecule has 1 aromatic carbocycles. The van der Waals surface area contributed by atoms with Gasteiger partial charge < -0.3 is 5.11 Å². The maximum atomic E-state index is 10.7. The molecule has 0 spiro atoms. The number of carboxylic acid groups (broad SMARTS) is 1. The van der Waals surface area contributed by atoms with Gasteiger partial charge in [0.25, 0.3) is 0 Å². The number of hydrogen-bond donors (Lipinski definition) is 1. The van der Waals surface area contributed by atoms with Crippen LogP contribution in [0.2, 0.25) is 0 Å². The van der Waals surface area contributed by atoms with Crippen LogP contribution in [0.25, 0.3) is 0 Å². The number of benzene rings is 1. The van der Waals surface area contributed by atoms with Gasteiger partial charge in [0, 0.05) is 0 Å². The fourth-order valence-corrected chi connectivity index (χ4v) is 1.16. The van der Waals surface area contributed by atoms with Gasteiger partial charge in [-0.3, -0.25) is 0 Å². The average molecular weight is 175 g/mol. The monoisotopic (exact) mass is 175 g/mol. The van der Waals surface area contributed by atoms with Crippen LogP contribution in [0.15, 0.2) is 18.2 Å². The predicted molar refractivity (Wildman–Crippen MR) is 47.5 cm³/mol. The Morgan fingerprint density at radius 2 is 2.31 bits per heavy atom. The molecule has 0 unspecified atom stereocenters. The lowest BCUT2D eigenvalue weighted by Gasteiger charge is -2.02. The highest BCUT2D eigenvalue weighted by Gasteiger charge is 2.08. The van der Waals surface area contributed by atoms with E-state index in [4.69, 9.17) is 10.4 Å². The van der Waals surface area contributed by atoms with Crippen LogP contribution in [0, 0.1) is 11.3 Å². The van der Waals surface area contributed by atoms with Crippen molar-refractivity contribution in [3.63, 3.8) is 0 Å². The van der Waals surface area contributed by atoms with Gasteiger partial charge in [-0.15, -0.1) is 0 Å². The van der Waals surface area contributed by atoms with E-state index in [-0.39, 0.29) is 5.56 Å². The van der Waals surface area contributed by atoms with E-state index >= 15 is 0 Å². The quantitative estimate of drug-likeness (QED) is 0.745. The number of aryl methyl sites for hydroxylation is 1. The topological polar surface area (TPSA) is 61.1 Å². The molecule has 0 saturated carbocycles. The summed E-state index contributed by atoms with van der Waals surface area (Å²) >= 11 is 0. The molecule has 1 aromatic rings. The molecule has 0 aliphatic rings. The minimum absolute atomic E-state index is 0.279. The predicted octanol–water partition coefficient (Wildman–Crippen LogP) is 1.82. The first-order valence-electron chi connectivity index (χ1n) is 3.95. The molecule has 3 nitrogen and oxygen atoms in total. The zero-order valence-electron chi connectivity index (χ0n) is 7.24. The fraction of sp³-hybridized carbons (Fsp3) is 0.200. The molecule has 0 aliphatic heterocycles. The molecule has 0 aromatic heterocycles. The van der Waals surface area contributed by atoms with Crippen LogP contribution >= 0.6 is 0 Å². The van der Waals surface area contributed by atoms with Gasteiger partial charge in [-0.2, -0.15) is 5.26 Å². The molecule has 3 heteroatoms. The van der Waals surface area contributed by atoms with Crippen molar-refractivity contribution in [3.8, 4) is 6.07 Å². The summed E-state index contributed by atoms with van der Waals surface area (Å²) in [6.45, 7) is 1.86. The minimum Gasteiger partial charge on any atom is -0.478 e. The van der Waals surface area contributed by atoms with Gasteiger partial charge in [-0.05, 0) is 30.2 Å². The van der Waals surface area contributed by atoms with Gasteiger partial charge in [0.15, 0.2) is 0 Å². The molecule has 0 atom stereocenters. The van der Waals surface area contributed by atoms with Crippen molar-refractivity contribution in [1.29, 1.82) is 5.26 Å². The van der Waals surface area contributed by atoms with Gasteiger partial charge in [0.2, 0.25) is 0 Å². The van der Waals surface area contributed by atoms with Crippen molar-refractivity contribution < 1.29 is 9.90 Å². The van der Waals surface area contributed by atoms with Crippen molar-refractivity contribution in [2.75, 3.05) is 0 Å². The molecule has 0 heterocycles. The van der Waals surface area contributed by atoms with Crippen molar-refractivity contribution in [2.45, 2.75) is 13.3 Å². The molecular formula is C10H9NO2. The normalized spacial score (nSPS) is 9.23. The van der Waals surface area contributed by atoms with Crippen LogP contribution in [0.4, 0.5) is 0 Å². The number of carbonyl (C=O) groups is 1. The highest BCUT2D eigenvalue weighted by Crippen LogP contribution is 2.12. The summed E-state index contributed by atoms with van der Waals surface area (Å²) in [7, 11) is 0. The average Bonchev–Trinajstić information content (AvgIpc) is 2.16. The first kappa shape index (κ1) is 9.27. The highest BCUT2D eigenvalue weighted by atomic mass is 16.4. The Morgan fingerprint density at radius 3 is 2.77 bits per heavy atom. The Morgan fingerprint density at radius 1 is 1.62 bits per heavy atom. The number of nitrogens with zero attached hydrogens (tertiary/aromatic N) is 1. The molecule has 0 radical (unpaired) electrons. The summed E-state index contributed by atoms with van der Waals surface area (Å²) in [6.07, 6.45) is 0.622. The molecule has 66 valence electrons. The Kier molecular flexibility index (Phi) is 2.65. The minimum atomic E-state index is -0.943. The molecule has 0 saturated heterocycles. The molecule has 0 aliphatic carbocycles. The molecule has 0 amide bonds. The Labute approximate surface area is 76.2 Å². The third-order valence-corrected chi connectivity index (χ3v) is 1.85. The lowest BCUT2D eigenvalue weighted by Crippen LogP contribution is -2.01. The number of carboxylic acids is 1. The Balaban J connectivity index is 3.25.